The molecule has 0 aromatic heterocycles. The van der Waals surface area contributed by atoms with Gasteiger partial charge in [-0.2, -0.15) is 0 Å². The molecule has 0 spiro atoms. The fraction of sp³-hybridized carbons (Fsp3) is 0.889. The van der Waals surface area contributed by atoms with Gasteiger partial charge in [-0.25, -0.2) is 0 Å². The number of aliphatic carboxylic acids is 1. The van der Waals surface area contributed by atoms with Crippen LogP contribution in [0.15, 0.2) is 0 Å². The number of hydrogen-bond donors (Lipinski definition) is 2. The summed E-state index contributed by atoms with van der Waals surface area (Å²) in [4.78, 5) is 10.6. The van der Waals surface area contributed by atoms with E-state index >= 15 is 0 Å². The van der Waals surface area contributed by atoms with Gasteiger partial charge in [0.05, 0.1) is 11.7 Å². The van der Waals surface area contributed by atoms with Crippen molar-refractivity contribution in [2.45, 2.75) is 44.9 Å². The first-order chi connectivity index (χ1) is 5.88. The van der Waals surface area contributed by atoms with Gasteiger partial charge < -0.3 is 15.2 Å². The third kappa shape index (κ3) is 3.32. The lowest BCUT2D eigenvalue weighted by Gasteiger charge is -2.24. The monoisotopic (exact) mass is 187 g/mol. The highest BCUT2D eigenvalue weighted by molar-refractivity contribution is 5.73. The molecular weight excluding hydrogens is 170 g/mol. The summed E-state index contributed by atoms with van der Waals surface area (Å²) in [5, 5.41) is 11.6. The van der Waals surface area contributed by atoms with E-state index in [1.165, 1.54) is 0 Å². The molecule has 1 rings (SSSR count). The van der Waals surface area contributed by atoms with Crippen molar-refractivity contribution in [1.29, 1.82) is 0 Å². The second-order valence-corrected chi connectivity index (χ2v) is 4.39. The molecule has 76 valence electrons. The molecule has 2 atom stereocenters. The first-order valence-corrected chi connectivity index (χ1v) is 4.52. The van der Waals surface area contributed by atoms with Gasteiger partial charge in [0.15, 0.2) is 0 Å². The van der Waals surface area contributed by atoms with Crippen LogP contribution in [0.3, 0.4) is 0 Å². The zero-order valence-electron chi connectivity index (χ0n) is 8.33. The third-order valence-corrected chi connectivity index (χ3v) is 1.91. The molecule has 2 N–H and O–H groups in total. The molecule has 0 unspecified atom stereocenters. The molecule has 0 saturated carbocycles. The normalized spacial score (nSPS) is 29.2. The summed E-state index contributed by atoms with van der Waals surface area (Å²) >= 11 is 0. The van der Waals surface area contributed by atoms with Crippen molar-refractivity contribution in [3.05, 3.63) is 0 Å². The Morgan fingerprint density at radius 2 is 2.15 bits per heavy atom. The zero-order valence-corrected chi connectivity index (χ0v) is 8.33. The van der Waals surface area contributed by atoms with Gasteiger partial charge in [0.2, 0.25) is 0 Å². The van der Waals surface area contributed by atoms with Crippen molar-refractivity contribution in [3.8, 4) is 0 Å². The fourth-order valence-corrected chi connectivity index (χ4v) is 1.48. The zero-order chi connectivity index (χ0) is 10.1. The van der Waals surface area contributed by atoms with Gasteiger partial charge in [0, 0.05) is 13.0 Å². The minimum absolute atomic E-state index is 0.0288. The second kappa shape index (κ2) is 3.64. The number of rotatable bonds is 2. The van der Waals surface area contributed by atoms with E-state index in [4.69, 9.17) is 9.84 Å². The summed E-state index contributed by atoms with van der Waals surface area (Å²) in [7, 11) is 0. The molecule has 0 aromatic carbocycles. The molecule has 0 bridgehead atoms. The number of carboxylic acids is 1. The van der Waals surface area contributed by atoms with E-state index in [0.29, 0.717) is 13.0 Å². The van der Waals surface area contributed by atoms with E-state index in [-0.39, 0.29) is 11.7 Å². The molecule has 13 heavy (non-hydrogen) atoms. The van der Waals surface area contributed by atoms with Gasteiger partial charge in [-0.3, -0.25) is 4.79 Å². The topological polar surface area (TPSA) is 58.6 Å². The van der Waals surface area contributed by atoms with E-state index in [1.807, 2.05) is 20.8 Å². The van der Waals surface area contributed by atoms with Gasteiger partial charge in [-0.1, -0.05) is 0 Å². The summed E-state index contributed by atoms with van der Waals surface area (Å²) in [5.41, 5.74) is -0.195. The van der Waals surface area contributed by atoms with Crippen molar-refractivity contribution in [3.63, 3.8) is 0 Å². The van der Waals surface area contributed by atoms with E-state index in [0.717, 1.165) is 0 Å². The van der Waals surface area contributed by atoms with Gasteiger partial charge in [0.1, 0.15) is 6.04 Å². The van der Waals surface area contributed by atoms with E-state index in [1.54, 1.807) is 0 Å². The van der Waals surface area contributed by atoms with Crippen LogP contribution in [0.25, 0.3) is 0 Å². The molecule has 0 aromatic rings. The Balaban J connectivity index is 2.38. The Labute approximate surface area is 78.3 Å². The SMILES string of the molecule is CC(C)(C)O[C@H]1CN[C@@H](C(=O)O)C1. The van der Waals surface area contributed by atoms with Crippen molar-refractivity contribution in [2.75, 3.05) is 6.54 Å². The number of ether oxygens (including phenoxy) is 1. The Morgan fingerprint density at radius 1 is 1.54 bits per heavy atom. The molecule has 4 heteroatoms. The first-order valence-electron chi connectivity index (χ1n) is 4.52. The lowest BCUT2D eigenvalue weighted by Crippen LogP contribution is -2.30. The Kier molecular flexibility index (Phi) is 2.93. The predicted octanol–water partition coefficient (Wildman–Crippen LogP) is 0.617. The molecular formula is C9H17NO3. The maximum atomic E-state index is 10.6. The molecule has 0 aliphatic carbocycles. The van der Waals surface area contributed by atoms with Crippen molar-refractivity contribution < 1.29 is 14.6 Å². The van der Waals surface area contributed by atoms with E-state index in [2.05, 4.69) is 5.32 Å². The van der Waals surface area contributed by atoms with Gasteiger partial charge >= 0.3 is 5.97 Å². The standard InChI is InChI=1S/C9H17NO3/c1-9(2,3)13-6-4-7(8(11)12)10-5-6/h6-7,10H,4-5H2,1-3H3,(H,11,12)/t6-,7-/m1/s1. The molecule has 4 nitrogen and oxygen atoms in total. The number of hydrogen-bond acceptors (Lipinski definition) is 3. The molecule has 1 fully saturated rings. The lowest BCUT2D eigenvalue weighted by molar-refractivity contribution is -0.139. The summed E-state index contributed by atoms with van der Waals surface area (Å²) in [5.74, 6) is -0.792. The molecule has 1 aliphatic rings. The molecule has 1 aliphatic heterocycles. The van der Waals surface area contributed by atoms with Crippen LogP contribution >= 0.6 is 0 Å². The quantitative estimate of drug-likeness (QED) is 0.665. The van der Waals surface area contributed by atoms with Crippen molar-refractivity contribution >= 4 is 5.97 Å². The highest BCUT2D eigenvalue weighted by Gasteiger charge is 2.31. The highest BCUT2D eigenvalue weighted by Crippen LogP contribution is 2.17. The smallest absolute Gasteiger partial charge is 0.320 e. The van der Waals surface area contributed by atoms with Crippen LogP contribution in [0, 0.1) is 0 Å². The molecule has 1 saturated heterocycles. The summed E-state index contributed by atoms with van der Waals surface area (Å²) in [6.07, 6.45) is 0.591. The van der Waals surface area contributed by atoms with Gasteiger partial charge in [-0.05, 0) is 20.8 Å². The summed E-state index contributed by atoms with van der Waals surface area (Å²) in [6.45, 7) is 6.55. The average Bonchev–Trinajstić information content (AvgIpc) is 2.31. The maximum absolute atomic E-state index is 10.6. The van der Waals surface area contributed by atoms with Crippen LogP contribution in [0.5, 0.6) is 0 Å². The molecule has 0 radical (unpaired) electrons. The summed E-state index contributed by atoms with van der Waals surface area (Å²) < 4.78 is 5.65. The van der Waals surface area contributed by atoms with Crippen LogP contribution in [0.1, 0.15) is 27.2 Å². The van der Waals surface area contributed by atoms with Crippen LogP contribution in [0.4, 0.5) is 0 Å². The van der Waals surface area contributed by atoms with Crippen LogP contribution in [-0.2, 0) is 9.53 Å². The number of carbonyl (C=O) groups is 1. The fourth-order valence-electron chi connectivity index (χ4n) is 1.48. The Bertz CT molecular complexity index is 198. The highest BCUT2D eigenvalue weighted by atomic mass is 16.5. The maximum Gasteiger partial charge on any atom is 0.320 e. The summed E-state index contributed by atoms with van der Waals surface area (Å²) in [6, 6.07) is -0.438. The minimum atomic E-state index is -0.792. The Morgan fingerprint density at radius 3 is 2.54 bits per heavy atom. The largest absolute Gasteiger partial charge is 0.480 e. The van der Waals surface area contributed by atoms with Gasteiger partial charge in [-0.15, -0.1) is 0 Å². The number of carboxylic acid groups (broad SMARTS) is 1. The lowest BCUT2D eigenvalue weighted by atomic mass is 10.1. The second-order valence-electron chi connectivity index (χ2n) is 4.39. The van der Waals surface area contributed by atoms with Crippen molar-refractivity contribution in [1.82, 2.24) is 5.32 Å². The molecule has 0 amide bonds. The van der Waals surface area contributed by atoms with Gasteiger partial charge in [0.25, 0.3) is 0 Å². The average molecular weight is 187 g/mol. The van der Waals surface area contributed by atoms with Crippen LogP contribution in [0.2, 0.25) is 0 Å². The Hall–Kier alpha value is -0.610. The minimum Gasteiger partial charge on any atom is -0.480 e. The van der Waals surface area contributed by atoms with Crippen LogP contribution < -0.4 is 5.32 Å². The van der Waals surface area contributed by atoms with E-state index < -0.39 is 12.0 Å². The molecule has 1 heterocycles. The number of nitrogens with one attached hydrogen (secondary N) is 1. The van der Waals surface area contributed by atoms with E-state index in [9.17, 15) is 4.79 Å². The first kappa shape index (κ1) is 10.5. The third-order valence-electron chi connectivity index (χ3n) is 1.91. The van der Waals surface area contributed by atoms with Crippen LogP contribution in [-0.4, -0.2) is 35.4 Å². The van der Waals surface area contributed by atoms with Crippen molar-refractivity contribution in [2.24, 2.45) is 0 Å². The predicted molar refractivity (Wildman–Crippen MR) is 48.7 cm³/mol.